The van der Waals surface area contributed by atoms with Crippen LogP contribution >= 0.6 is 0 Å². The molecule has 0 heterocycles. The van der Waals surface area contributed by atoms with Gasteiger partial charge >= 0.3 is 12.1 Å². The smallest absolute Gasteiger partial charge is 0.319 e. The largest absolute Gasteiger partial charge is 0.333 e. The van der Waals surface area contributed by atoms with E-state index in [9.17, 15) is 9.59 Å². The van der Waals surface area contributed by atoms with Crippen LogP contribution in [0, 0.1) is 0 Å². The van der Waals surface area contributed by atoms with Crippen molar-refractivity contribution in [2.75, 3.05) is 10.6 Å². The summed E-state index contributed by atoms with van der Waals surface area (Å²) in [4.78, 5) is 23.9. The van der Waals surface area contributed by atoms with Crippen LogP contribution in [0.2, 0.25) is 0 Å². The van der Waals surface area contributed by atoms with E-state index in [4.69, 9.17) is 0 Å². The second kappa shape index (κ2) is 6.68. The number of urea groups is 2. The van der Waals surface area contributed by atoms with Gasteiger partial charge in [-0.25, -0.2) is 9.59 Å². The molecule has 122 valence electrons. The number of para-hydroxylation sites is 2. The van der Waals surface area contributed by atoms with Crippen molar-refractivity contribution in [2.45, 2.75) is 52.6 Å². The van der Waals surface area contributed by atoms with Crippen molar-refractivity contribution in [2.24, 2.45) is 0 Å². The van der Waals surface area contributed by atoms with Crippen molar-refractivity contribution in [1.82, 2.24) is 10.6 Å². The molecule has 4 N–H and O–H groups in total. The summed E-state index contributed by atoms with van der Waals surface area (Å²) in [5.41, 5.74) is 0.396. The molecule has 0 radical (unpaired) electrons. The molecule has 0 aromatic heterocycles. The van der Waals surface area contributed by atoms with Crippen molar-refractivity contribution in [3.8, 4) is 0 Å². The summed E-state index contributed by atoms with van der Waals surface area (Å²) < 4.78 is 0. The zero-order chi connectivity index (χ0) is 17.0. The van der Waals surface area contributed by atoms with E-state index in [0.717, 1.165) is 0 Å². The van der Waals surface area contributed by atoms with Gasteiger partial charge in [0.05, 0.1) is 11.4 Å². The maximum atomic E-state index is 11.9. The molecule has 1 aromatic rings. The van der Waals surface area contributed by atoms with E-state index in [1.54, 1.807) is 24.3 Å². The highest BCUT2D eigenvalue weighted by atomic mass is 16.2. The number of hydrogen-bond donors (Lipinski definition) is 4. The molecule has 22 heavy (non-hydrogen) atoms. The molecule has 6 heteroatoms. The van der Waals surface area contributed by atoms with Crippen molar-refractivity contribution in [3.05, 3.63) is 24.3 Å². The van der Waals surface area contributed by atoms with Gasteiger partial charge < -0.3 is 21.3 Å². The molecule has 0 bridgehead atoms. The maximum Gasteiger partial charge on any atom is 0.319 e. The van der Waals surface area contributed by atoms with Gasteiger partial charge in [-0.15, -0.1) is 0 Å². The zero-order valence-electron chi connectivity index (χ0n) is 14.1. The van der Waals surface area contributed by atoms with Crippen LogP contribution in [0.25, 0.3) is 0 Å². The second-order valence-corrected chi connectivity index (χ2v) is 7.20. The summed E-state index contributed by atoms with van der Waals surface area (Å²) >= 11 is 0. The Morgan fingerprint density at radius 1 is 0.727 bits per heavy atom. The van der Waals surface area contributed by atoms with Gasteiger partial charge in [-0.05, 0) is 53.7 Å². The zero-order valence-corrected chi connectivity index (χ0v) is 14.1. The van der Waals surface area contributed by atoms with E-state index >= 15 is 0 Å². The number of hydrogen-bond acceptors (Lipinski definition) is 2. The van der Waals surface area contributed by atoms with Crippen LogP contribution in [0.1, 0.15) is 41.5 Å². The molecule has 0 atom stereocenters. The first-order valence-electron chi connectivity index (χ1n) is 7.24. The van der Waals surface area contributed by atoms with Gasteiger partial charge in [-0.1, -0.05) is 12.1 Å². The number of benzene rings is 1. The van der Waals surface area contributed by atoms with Crippen LogP contribution < -0.4 is 21.3 Å². The molecule has 0 saturated carbocycles. The first-order chi connectivity index (χ1) is 9.96. The third kappa shape index (κ3) is 6.97. The Labute approximate surface area is 132 Å². The number of carbonyl (C=O) groups is 2. The SMILES string of the molecule is CC(C)(C)NC(=O)Nc1ccccc1NC(=O)NC(C)(C)C. The lowest BCUT2D eigenvalue weighted by Gasteiger charge is -2.23. The molecule has 0 unspecified atom stereocenters. The minimum absolute atomic E-state index is 0.321. The molecular weight excluding hydrogens is 280 g/mol. The summed E-state index contributed by atoms with van der Waals surface area (Å²) in [5, 5.41) is 11.1. The van der Waals surface area contributed by atoms with E-state index < -0.39 is 0 Å². The van der Waals surface area contributed by atoms with Gasteiger partial charge in [-0.2, -0.15) is 0 Å². The van der Waals surface area contributed by atoms with Crippen LogP contribution in [0.5, 0.6) is 0 Å². The Kier molecular flexibility index (Phi) is 5.41. The highest BCUT2D eigenvalue weighted by molar-refractivity contribution is 5.98. The molecular formula is C16H26N4O2. The molecule has 0 spiro atoms. The molecule has 0 fully saturated rings. The molecule has 6 nitrogen and oxygen atoms in total. The van der Waals surface area contributed by atoms with Gasteiger partial charge in [-0.3, -0.25) is 0 Å². The Morgan fingerprint density at radius 2 is 1.05 bits per heavy atom. The van der Waals surface area contributed by atoms with Crippen LogP contribution in [-0.2, 0) is 0 Å². The van der Waals surface area contributed by atoms with Gasteiger partial charge in [0.25, 0.3) is 0 Å². The molecule has 0 aliphatic heterocycles. The summed E-state index contributed by atoms with van der Waals surface area (Å²) in [6, 6.07) is 6.40. The Hall–Kier alpha value is -2.24. The number of anilines is 2. The number of carbonyl (C=O) groups excluding carboxylic acids is 2. The predicted molar refractivity (Wildman–Crippen MR) is 90.3 cm³/mol. The third-order valence-corrected chi connectivity index (χ3v) is 2.40. The average Bonchev–Trinajstić information content (AvgIpc) is 2.26. The molecule has 0 aliphatic carbocycles. The van der Waals surface area contributed by atoms with E-state index in [1.165, 1.54) is 0 Å². The standard InChI is InChI=1S/C16H26N4O2/c1-15(2,3)19-13(21)17-11-9-7-8-10-12(11)18-14(22)20-16(4,5)6/h7-10H,1-6H3,(H2,17,19,21)(H2,18,20,22). The fourth-order valence-electron chi connectivity index (χ4n) is 1.69. The number of rotatable bonds is 2. The lowest BCUT2D eigenvalue weighted by atomic mass is 10.1. The van der Waals surface area contributed by atoms with Crippen LogP contribution in [-0.4, -0.2) is 23.1 Å². The number of nitrogens with one attached hydrogen (secondary N) is 4. The minimum atomic E-state index is -0.337. The minimum Gasteiger partial charge on any atom is -0.333 e. The molecule has 0 aliphatic rings. The Morgan fingerprint density at radius 3 is 1.32 bits per heavy atom. The quantitative estimate of drug-likeness (QED) is 0.674. The first kappa shape index (κ1) is 17.8. The third-order valence-electron chi connectivity index (χ3n) is 2.40. The molecule has 0 saturated heterocycles. The van der Waals surface area contributed by atoms with Gasteiger partial charge in [0, 0.05) is 11.1 Å². The van der Waals surface area contributed by atoms with Crippen molar-refractivity contribution in [1.29, 1.82) is 0 Å². The van der Waals surface area contributed by atoms with E-state index in [2.05, 4.69) is 21.3 Å². The van der Waals surface area contributed by atoms with E-state index in [-0.39, 0.29) is 23.1 Å². The number of amides is 4. The fourth-order valence-corrected chi connectivity index (χ4v) is 1.69. The normalized spacial score (nSPS) is 11.5. The highest BCUT2D eigenvalue weighted by Gasteiger charge is 2.17. The molecule has 1 aromatic carbocycles. The van der Waals surface area contributed by atoms with Crippen molar-refractivity contribution in [3.63, 3.8) is 0 Å². The topological polar surface area (TPSA) is 82.3 Å². The first-order valence-corrected chi connectivity index (χ1v) is 7.24. The molecule has 4 amide bonds. The van der Waals surface area contributed by atoms with E-state index in [0.29, 0.717) is 11.4 Å². The summed E-state index contributed by atoms with van der Waals surface area (Å²) in [6.07, 6.45) is 0. The van der Waals surface area contributed by atoms with Crippen LogP contribution in [0.3, 0.4) is 0 Å². The van der Waals surface area contributed by atoms with Crippen molar-refractivity contribution >= 4 is 23.4 Å². The second-order valence-electron chi connectivity index (χ2n) is 7.20. The fraction of sp³-hybridized carbons (Fsp3) is 0.500. The van der Waals surface area contributed by atoms with Crippen LogP contribution in [0.15, 0.2) is 24.3 Å². The predicted octanol–water partition coefficient (Wildman–Crippen LogP) is 3.53. The highest BCUT2D eigenvalue weighted by Crippen LogP contribution is 2.21. The maximum absolute atomic E-state index is 11.9. The average molecular weight is 306 g/mol. The summed E-state index contributed by atoms with van der Waals surface area (Å²) in [6.45, 7) is 11.4. The monoisotopic (exact) mass is 306 g/mol. The molecule has 1 rings (SSSR count). The van der Waals surface area contributed by atoms with Gasteiger partial charge in [0.2, 0.25) is 0 Å². The lowest BCUT2D eigenvalue weighted by molar-refractivity contribution is 0.242. The van der Waals surface area contributed by atoms with E-state index in [1.807, 2.05) is 41.5 Å². The lowest BCUT2D eigenvalue weighted by Crippen LogP contribution is -2.44. The Bertz CT molecular complexity index is 493. The van der Waals surface area contributed by atoms with Gasteiger partial charge in [0.15, 0.2) is 0 Å². The summed E-state index contributed by atoms with van der Waals surface area (Å²) in [7, 11) is 0. The van der Waals surface area contributed by atoms with Gasteiger partial charge in [0.1, 0.15) is 0 Å². The Balaban J connectivity index is 2.78. The summed E-state index contributed by atoms with van der Waals surface area (Å²) in [5.74, 6) is 0. The van der Waals surface area contributed by atoms with Crippen LogP contribution in [0.4, 0.5) is 21.0 Å². The van der Waals surface area contributed by atoms with Crippen molar-refractivity contribution < 1.29 is 9.59 Å².